The number of carbonyl (C=O) groups excluding carboxylic acids is 1. The van der Waals surface area contributed by atoms with Crippen molar-refractivity contribution in [3.63, 3.8) is 0 Å². The number of hydrogen-bond acceptors (Lipinski definition) is 4. The van der Waals surface area contributed by atoms with Crippen molar-refractivity contribution < 1.29 is 4.79 Å². The highest BCUT2D eigenvalue weighted by Crippen LogP contribution is 2.43. The third-order valence-corrected chi connectivity index (χ3v) is 7.05. The molecule has 142 valence electrons. The number of fused-ring (bicyclic) bond motifs is 1. The first-order valence-electron chi connectivity index (χ1n) is 9.13. The number of allylic oxidation sites excluding steroid dienone is 1. The molecule has 2 aliphatic rings. The van der Waals surface area contributed by atoms with Crippen LogP contribution in [-0.2, 0) is 4.79 Å². The molecule has 0 N–H and O–H groups in total. The van der Waals surface area contributed by atoms with Crippen molar-refractivity contribution in [2.45, 2.75) is 26.2 Å². The third kappa shape index (κ3) is 3.45. The quantitative estimate of drug-likeness (QED) is 0.619. The highest BCUT2D eigenvalue weighted by atomic mass is 79.9. The van der Waals surface area contributed by atoms with Crippen molar-refractivity contribution in [2.24, 2.45) is 0 Å². The van der Waals surface area contributed by atoms with Gasteiger partial charge in [-0.1, -0.05) is 45.9 Å². The van der Waals surface area contributed by atoms with Gasteiger partial charge in [-0.05, 0) is 54.8 Å². The van der Waals surface area contributed by atoms with E-state index in [4.69, 9.17) is 0 Å². The summed E-state index contributed by atoms with van der Waals surface area (Å²) in [5.41, 5.74) is 5.30. The first-order chi connectivity index (χ1) is 13.5. The Labute approximate surface area is 178 Å². The van der Waals surface area contributed by atoms with Crippen molar-refractivity contribution in [1.29, 1.82) is 5.26 Å². The van der Waals surface area contributed by atoms with Crippen molar-refractivity contribution in [1.82, 2.24) is 4.90 Å². The van der Waals surface area contributed by atoms with E-state index in [0.717, 1.165) is 26.6 Å². The fraction of sp³-hybridized carbons (Fsp3) is 0.273. The highest BCUT2D eigenvalue weighted by Gasteiger charge is 2.38. The summed E-state index contributed by atoms with van der Waals surface area (Å²) in [5, 5.41) is 10.7. The van der Waals surface area contributed by atoms with E-state index in [-0.39, 0.29) is 11.8 Å². The van der Waals surface area contributed by atoms with Gasteiger partial charge in [0.25, 0.3) is 0 Å². The van der Waals surface area contributed by atoms with E-state index in [1.54, 1.807) is 16.7 Å². The van der Waals surface area contributed by atoms with Crippen LogP contribution in [0, 0.1) is 25.2 Å². The number of anilines is 1. The lowest BCUT2D eigenvalue weighted by molar-refractivity contribution is -0.129. The third-order valence-electron chi connectivity index (χ3n) is 5.40. The van der Waals surface area contributed by atoms with Crippen molar-refractivity contribution in [3.8, 4) is 6.07 Å². The molecule has 2 aromatic carbocycles. The molecule has 1 saturated heterocycles. The Morgan fingerprint density at radius 3 is 2.71 bits per heavy atom. The normalized spacial score (nSPS) is 19.5. The summed E-state index contributed by atoms with van der Waals surface area (Å²) in [4.78, 5) is 16.9. The van der Waals surface area contributed by atoms with E-state index in [2.05, 4.69) is 58.9 Å². The van der Waals surface area contributed by atoms with E-state index in [1.165, 1.54) is 11.1 Å². The largest absolute Gasteiger partial charge is 0.344 e. The van der Waals surface area contributed by atoms with Crippen LogP contribution in [0.1, 0.15) is 29.0 Å². The molecule has 2 aliphatic heterocycles. The number of nitriles is 1. The lowest BCUT2D eigenvalue weighted by Gasteiger charge is -2.42. The zero-order valence-corrected chi connectivity index (χ0v) is 18.2. The summed E-state index contributed by atoms with van der Waals surface area (Å²) in [7, 11) is 0. The zero-order valence-electron chi connectivity index (χ0n) is 15.8. The second-order valence-corrected chi connectivity index (χ2v) is 9.04. The average molecular weight is 454 g/mol. The minimum atomic E-state index is -0.179. The molecule has 1 atom stereocenters. The average Bonchev–Trinajstić information content (AvgIpc) is 2.70. The van der Waals surface area contributed by atoms with E-state index in [1.807, 2.05) is 24.3 Å². The first-order valence-corrected chi connectivity index (χ1v) is 10.9. The maximum absolute atomic E-state index is 13.0. The van der Waals surface area contributed by atoms with Crippen LogP contribution < -0.4 is 4.90 Å². The summed E-state index contributed by atoms with van der Waals surface area (Å²) in [6, 6.07) is 16.7. The Kier molecular flexibility index (Phi) is 5.22. The van der Waals surface area contributed by atoms with Crippen LogP contribution in [0.2, 0.25) is 0 Å². The van der Waals surface area contributed by atoms with Gasteiger partial charge in [0.15, 0.2) is 0 Å². The summed E-state index contributed by atoms with van der Waals surface area (Å²) < 4.78 is 0.958. The number of carbonyl (C=O) groups is 1. The van der Waals surface area contributed by atoms with Crippen LogP contribution in [0.15, 0.2) is 57.5 Å². The van der Waals surface area contributed by atoms with Crippen LogP contribution in [0.3, 0.4) is 0 Å². The summed E-state index contributed by atoms with van der Waals surface area (Å²) in [6.07, 6.45) is 0.324. The standard InChI is InChI=1S/C22H20BrN3OS/c1-14-6-7-18(8-15(14)2)25-12-26-21(27)10-19(16-4-3-5-17(23)9-16)20(11-24)22(26)28-13-25/h3-9,19H,10,12-13H2,1-2H3/t19-/m1/s1. The Balaban J connectivity index is 1.67. The number of aryl methyl sites for hydroxylation is 2. The second kappa shape index (κ2) is 7.65. The lowest BCUT2D eigenvalue weighted by atomic mass is 9.86. The first kappa shape index (κ1) is 19.1. The Hall–Kier alpha value is -2.23. The number of rotatable bonds is 2. The van der Waals surface area contributed by atoms with Gasteiger partial charge in [0.05, 0.1) is 29.2 Å². The molecule has 0 unspecified atom stereocenters. The molecule has 1 fully saturated rings. The van der Waals surface area contributed by atoms with Gasteiger partial charge < -0.3 is 4.90 Å². The maximum Gasteiger partial charge on any atom is 0.229 e. The van der Waals surface area contributed by atoms with Crippen LogP contribution in [0.4, 0.5) is 5.69 Å². The fourth-order valence-electron chi connectivity index (χ4n) is 3.66. The molecule has 4 nitrogen and oxygen atoms in total. The molecule has 2 aromatic rings. The van der Waals surface area contributed by atoms with Crippen molar-refractivity contribution >= 4 is 39.3 Å². The number of nitrogens with zero attached hydrogens (tertiary/aromatic N) is 3. The predicted molar refractivity (Wildman–Crippen MR) is 117 cm³/mol. The van der Waals surface area contributed by atoms with Crippen LogP contribution in [0.5, 0.6) is 0 Å². The smallest absolute Gasteiger partial charge is 0.229 e. The minimum absolute atomic E-state index is 0.0695. The molecular formula is C22H20BrN3OS. The van der Waals surface area contributed by atoms with Crippen LogP contribution in [-0.4, -0.2) is 23.4 Å². The number of benzene rings is 2. The minimum Gasteiger partial charge on any atom is -0.344 e. The second-order valence-electron chi connectivity index (χ2n) is 7.19. The van der Waals surface area contributed by atoms with Gasteiger partial charge in [-0.25, -0.2) is 0 Å². The van der Waals surface area contributed by atoms with Gasteiger partial charge in [0, 0.05) is 22.5 Å². The van der Waals surface area contributed by atoms with Gasteiger partial charge >= 0.3 is 0 Å². The predicted octanol–water partition coefficient (Wildman–Crippen LogP) is 5.29. The van der Waals surface area contributed by atoms with E-state index in [0.29, 0.717) is 18.7 Å². The van der Waals surface area contributed by atoms with Crippen LogP contribution in [0.25, 0.3) is 0 Å². The molecular weight excluding hydrogens is 434 g/mol. The number of thioether (sulfide) groups is 1. The number of halogens is 1. The SMILES string of the molecule is Cc1ccc(N2CSC3=C(C#N)[C@@H](c4cccc(Br)c4)CC(=O)N3C2)cc1C. The molecule has 1 amide bonds. The van der Waals surface area contributed by atoms with Gasteiger partial charge in [0.1, 0.15) is 0 Å². The highest BCUT2D eigenvalue weighted by molar-refractivity contribution is 9.10. The van der Waals surface area contributed by atoms with Crippen LogP contribution >= 0.6 is 27.7 Å². The molecule has 0 aromatic heterocycles. The van der Waals surface area contributed by atoms with E-state index < -0.39 is 0 Å². The molecule has 28 heavy (non-hydrogen) atoms. The van der Waals surface area contributed by atoms with E-state index in [9.17, 15) is 10.1 Å². The van der Waals surface area contributed by atoms with Crippen molar-refractivity contribution in [3.05, 3.63) is 74.2 Å². The maximum atomic E-state index is 13.0. The molecule has 0 aliphatic carbocycles. The van der Waals surface area contributed by atoms with Gasteiger partial charge in [-0.2, -0.15) is 5.26 Å². The molecule has 4 rings (SSSR count). The molecule has 0 radical (unpaired) electrons. The zero-order chi connectivity index (χ0) is 19.8. The molecule has 0 spiro atoms. The van der Waals surface area contributed by atoms with E-state index >= 15 is 0 Å². The van der Waals surface area contributed by atoms with Gasteiger partial charge in [-0.15, -0.1) is 0 Å². The summed E-state index contributed by atoms with van der Waals surface area (Å²) in [6.45, 7) is 4.68. The molecule has 2 heterocycles. The molecule has 6 heteroatoms. The number of amides is 1. The number of hydrogen-bond donors (Lipinski definition) is 0. The summed E-state index contributed by atoms with van der Waals surface area (Å²) >= 11 is 5.07. The Morgan fingerprint density at radius 1 is 1.18 bits per heavy atom. The Morgan fingerprint density at radius 2 is 2.00 bits per heavy atom. The summed E-state index contributed by atoms with van der Waals surface area (Å²) in [5.74, 6) is 0.611. The fourth-order valence-corrected chi connectivity index (χ4v) is 5.24. The monoisotopic (exact) mass is 453 g/mol. The Bertz CT molecular complexity index is 1030. The van der Waals surface area contributed by atoms with Gasteiger partial charge in [0.2, 0.25) is 5.91 Å². The topological polar surface area (TPSA) is 47.3 Å². The van der Waals surface area contributed by atoms with Gasteiger partial charge in [-0.3, -0.25) is 9.69 Å². The van der Waals surface area contributed by atoms with Crippen molar-refractivity contribution in [2.75, 3.05) is 17.4 Å². The lowest BCUT2D eigenvalue weighted by Crippen LogP contribution is -2.47. The molecule has 0 saturated carbocycles. The molecule has 0 bridgehead atoms.